The molecule has 0 atom stereocenters. The molecule has 1 aromatic rings. The predicted octanol–water partition coefficient (Wildman–Crippen LogP) is 2.00. The molecular formula is C10H8BrN3OS. The van der Waals surface area contributed by atoms with Crippen LogP contribution < -0.4 is 5.43 Å². The van der Waals surface area contributed by atoms with Crippen LogP contribution in [0.15, 0.2) is 38.8 Å². The van der Waals surface area contributed by atoms with Gasteiger partial charge in [0, 0.05) is 4.47 Å². The third-order valence-electron chi connectivity index (χ3n) is 1.81. The fraction of sp³-hybridized carbons (Fsp3) is 0.100. The fourth-order valence-electron chi connectivity index (χ4n) is 1.08. The number of hydrazone groups is 1. The minimum Gasteiger partial charge on any atom is -0.285 e. The summed E-state index contributed by atoms with van der Waals surface area (Å²) in [5, 5.41) is 4.59. The highest BCUT2D eigenvalue weighted by Gasteiger charge is 2.14. The average molecular weight is 298 g/mol. The van der Waals surface area contributed by atoms with Crippen LogP contribution in [0, 0.1) is 0 Å². The number of benzene rings is 1. The lowest BCUT2D eigenvalue weighted by Crippen LogP contribution is -2.11. The number of nitrogens with one attached hydrogen (secondary N) is 1. The molecule has 0 saturated heterocycles. The number of hydrogen-bond acceptors (Lipinski definition) is 5. The van der Waals surface area contributed by atoms with Crippen molar-refractivity contribution >= 4 is 44.2 Å². The summed E-state index contributed by atoms with van der Waals surface area (Å²) in [5.74, 6) is 0. The number of rotatable bonds is 2. The second-order valence-corrected chi connectivity index (χ2v) is 4.98. The highest BCUT2D eigenvalue weighted by Crippen LogP contribution is 2.11. The molecule has 0 aliphatic carbocycles. The van der Waals surface area contributed by atoms with Crippen molar-refractivity contribution in [1.82, 2.24) is 5.43 Å². The van der Waals surface area contributed by atoms with Gasteiger partial charge in [0.2, 0.25) is 5.12 Å². The van der Waals surface area contributed by atoms with Crippen molar-refractivity contribution in [2.45, 2.75) is 0 Å². The molecule has 1 N–H and O–H groups in total. The maximum Gasteiger partial charge on any atom is 0.218 e. The Morgan fingerprint density at radius 3 is 2.81 bits per heavy atom. The third kappa shape index (κ3) is 3.18. The lowest BCUT2D eigenvalue weighted by Gasteiger charge is -1.96. The zero-order chi connectivity index (χ0) is 11.4. The second-order valence-electron chi connectivity index (χ2n) is 3.02. The fourth-order valence-corrected chi connectivity index (χ4v) is 1.91. The van der Waals surface area contributed by atoms with Gasteiger partial charge in [0.15, 0.2) is 5.17 Å². The van der Waals surface area contributed by atoms with Crippen LogP contribution in [0.3, 0.4) is 0 Å². The first-order chi connectivity index (χ1) is 7.74. The van der Waals surface area contributed by atoms with Gasteiger partial charge in [-0.3, -0.25) is 15.2 Å². The normalized spacial score (nSPS) is 15.6. The first-order valence-electron chi connectivity index (χ1n) is 4.54. The molecular weight excluding hydrogens is 290 g/mol. The Hall–Kier alpha value is -1.14. The van der Waals surface area contributed by atoms with Gasteiger partial charge in [0.25, 0.3) is 0 Å². The number of thioether (sulfide) groups is 1. The molecule has 0 spiro atoms. The van der Waals surface area contributed by atoms with E-state index in [2.05, 4.69) is 31.4 Å². The molecule has 0 bridgehead atoms. The summed E-state index contributed by atoms with van der Waals surface area (Å²) in [4.78, 5) is 14.8. The largest absolute Gasteiger partial charge is 0.285 e. The first-order valence-corrected chi connectivity index (χ1v) is 6.15. The Kier molecular flexibility index (Phi) is 3.74. The van der Waals surface area contributed by atoms with Crippen LogP contribution in [0.4, 0.5) is 0 Å². The lowest BCUT2D eigenvalue weighted by molar-refractivity contribution is -0.109. The topological polar surface area (TPSA) is 53.8 Å². The van der Waals surface area contributed by atoms with Crippen molar-refractivity contribution < 1.29 is 4.79 Å². The van der Waals surface area contributed by atoms with Gasteiger partial charge in [0.1, 0.15) is 6.54 Å². The van der Waals surface area contributed by atoms with Gasteiger partial charge in [-0.15, -0.1) is 0 Å². The molecule has 16 heavy (non-hydrogen) atoms. The second kappa shape index (κ2) is 5.27. The summed E-state index contributed by atoms with van der Waals surface area (Å²) in [5.41, 5.74) is 3.70. The molecule has 82 valence electrons. The number of aliphatic imine (C=N–C) groups is 1. The van der Waals surface area contributed by atoms with E-state index >= 15 is 0 Å². The minimum atomic E-state index is 0.0429. The number of carbonyl (C=O) groups is 1. The van der Waals surface area contributed by atoms with Crippen LogP contribution in [0.2, 0.25) is 0 Å². The summed E-state index contributed by atoms with van der Waals surface area (Å²) < 4.78 is 1.03. The third-order valence-corrected chi connectivity index (χ3v) is 3.11. The van der Waals surface area contributed by atoms with Gasteiger partial charge in [-0.25, -0.2) is 0 Å². The Labute approximate surface area is 105 Å². The Bertz CT molecular complexity index is 456. The molecule has 0 saturated carbocycles. The van der Waals surface area contributed by atoms with Crippen LogP contribution in [0.25, 0.3) is 0 Å². The molecule has 1 aliphatic rings. The van der Waals surface area contributed by atoms with E-state index in [1.54, 1.807) is 6.21 Å². The number of hydrogen-bond donors (Lipinski definition) is 1. The maximum absolute atomic E-state index is 10.9. The first kappa shape index (κ1) is 11.3. The molecule has 4 nitrogen and oxygen atoms in total. The van der Waals surface area contributed by atoms with Crippen LogP contribution in [-0.2, 0) is 4.79 Å². The SMILES string of the molecule is O=C1CN=C(N/N=C/c2ccc(Br)cc2)S1. The van der Waals surface area contributed by atoms with E-state index < -0.39 is 0 Å². The molecule has 1 aromatic carbocycles. The number of halogens is 1. The average Bonchev–Trinajstić information content (AvgIpc) is 2.67. The zero-order valence-corrected chi connectivity index (χ0v) is 10.6. The monoisotopic (exact) mass is 297 g/mol. The highest BCUT2D eigenvalue weighted by molar-refractivity contribution is 9.10. The number of nitrogens with zero attached hydrogens (tertiary/aromatic N) is 2. The standard InChI is InChI=1S/C10H8BrN3OS/c11-8-3-1-7(2-4-8)5-13-14-10-12-6-9(15)16-10/h1-5H,6H2,(H,12,14)/b13-5+. The van der Waals surface area contributed by atoms with Crippen LogP contribution in [0.1, 0.15) is 5.56 Å². The summed E-state index contributed by atoms with van der Waals surface area (Å²) >= 11 is 4.44. The van der Waals surface area contributed by atoms with E-state index in [0.29, 0.717) is 5.17 Å². The van der Waals surface area contributed by atoms with Gasteiger partial charge in [-0.1, -0.05) is 28.1 Å². The van der Waals surface area contributed by atoms with E-state index in [0.717, 1.165) is 21.8 Å². The molecule has 0 unspecified atom stereocenters. The molecule has 1 heterocycles. The van der Waals surface area contributed by atoms with E-state index in [-0.39, 0.29) is 11.7 Å². The van der Waals surface area contributed by atoms with Crippen molar-refractivity contribution in [1.29, 1.82) is 0 Å². The smallest absolute Gasteiger partial charge is 0.218 e. The van der Waals surface area contributed by atoms with E-state index in [4.69, 9.17) is 0 Å². The maximum atomic E-state index is 10.9. The Morgan fingerprint density at radius 2 is 2.19 bits per heavy atom. The lowest BCUT2D eigenvalue weighted by atomic mass is 10.2. The van der Waals surface area contributed by atoms with Crippen molar-refractivity contribution in [3.8, 4) is 0 Å². The molecule has 0 aromatic heterocycles. The highest BCUT2D eigenvalue weighted by atomic mass is 79.9. The number of amidine groups is 1. The Morgan fingerprint density at radius 1 is 1.44 bits per heavy atom. The molecule has 0 radical (unpaired) electrons. The van der Waals surface area contributed by atoms with E-state index in [1.165, 1.54) is 0 Å². The van der Waals surface area contributed by atoms with Gasteiger partial charge < -0.3 is 0 Å². The molecule has 0 fully saturated rings. The summed E-state index contributed by atoms with van der Waals surface area (Å²) in [6.45, 7) is 0.237. The number of carbonyl (C=O) groups excluding carboxylic acids is 1. The summed E-state index contributed by atoms with van der Waals surface area (Å²) in [6.07, 6.45) is 1.68. The summed E-state index contributed by atoms with van der Waals surface area (Å²) in [7, 11) is 0. The van der Waals surface area contributed by atoms with Crippen molar-refractivity contribution in [3.63, 3.8) is 0 Å². The molecule has 1 aliphatic heterocycles. The molecule has 2 rings (SSSR count). The quantitative estimate of drug-likeness (QED) is 0.671. The summed E-state index contributed by atoms with van der Waals surface area (Å²) in [6, 6.07) is 7.74. The van der Waals surface area contributed by atoms with Gasteiger partial charge >= 0.3 is 0 Å². The van der Waals surface area contributed by atoms with Crippen LogP contribution in [-0.4, -0.2) is 23.0 Å². The van der Waals surface area contributed by atoms with Crippen molar-refractivity contribution in [3.05, 3.63) is 34.3 Å². The van der Waals surface area contributed by atoms with Gasteiger partial charge in [-0.05, 0) is 29.5 Å². The predicted molar refractivity (Wildman–Crippen MR) is 69.8 cm³/mol. The molecule has 6 heteroatoms. The van der Waals surface area contributed by atoms with Gasteiger partial charge in [-0.2, -0.15) is 5.10 Å². The minimum absolute atomic E-state index is 0.0429. The van der Waals surface area contributed by atoms with E-state index in [9.17, 15) is 4.79 Å². The van der Waals surface area contributed by atoms with Gasteiger partial charge in [0.05, 0.1) is 6.21 Å². The van der Waals surface area contributed by atoms with Crippen LogP contribution >= 0.6 is 27.7 Å². The van der Waals surface area contributed by atoms with E-state index in [1.807, 2.05) is 24.3 Å². The van der Waals surface area contributed by atoms with Crippen LogP contribution in [0.5, 0.6) is 0 Å². The molecule has 0 amide bonds. The van der Waals surface area contributed by atoms with Crippen molar-refractivity contribution in [2.75, 3.05) is 6.54 Å². The Balaban J connectivity index is 1.90. The van der Waals surface area contributed by atoms with Crippen molar-refractivity contribution in [2.24, 2.45) is 10.1 Å². The zero-order valence-electron chi connectivity index (χ0n) is 8.18.